The van der Waals surface area contributed by atoms with Gasteiger partial charge in [-0.05, 0) is 39.2 Å². The van der Waals surface area contributed by atoms with E-state index in [0.29, 0.717) is 11.5 Å². The smallest absolute Gasteiger partial charge is 0.0847 e. The van der Waals surface area contributed by atoms with Gasteiger partial charge in [0, 0.05) is 19.0 Å². The molecule has 4 heteroatoms. The van der Waals surface area contributed by atoms with Gasteiger partial charge in [0.25, 0.3) is 0 Å². The number of rotatable bonds is 5. The van der Waals surface area contributed by atoms with E-state index in [1.807, 2.05) is 6.92 Å². The fourth-order valence-electron chi connectivity index (χ4n) is 3.49. The first-order chi connectivity index (χ1) is 9.01. The zero-order valence-electron chi connectivity index (χ0n) is 12.6. The topological polar surface area (TPSA) is 29.9 Å². The van der Waals surface area contributed by atoms with E-state index in [1.165, 1.54) is 31.4 Å². The summed E-state index contributed by atoms with van der Waals surface area (Å²) < 4.78 is 2.06. The van der Waals surface area contributed by atoms with E-state index in [2.05, 4.69) is 36.0 Å². The van der Waals surface area contributed by atoms with Gasteiger partial charge < -0.3 is 5.32 Å². The van der Waals surface area contributed by atoms with Gasteiger partial charge in [0.1, 0.15) is 0 Å². The first-order valence-electron chi connectivity index (χ1n) is 7.41. The predicted molar refractivity (Wildman–Crippen MR) is 80.8 cm³/mol. The third-order valence-corrected chi connectivity index (χ3v) is 5.28. The second-order valence-electron chi connectivity index (χ2n) is 6.07. The van der Waals surface area contributed by atoms with Crippen LogP contribution in [0.3, 0.4) is 0 Å². The first-order valence-corrected chi connectivity index (χ1v) is 7.78. The van der Waals surface area contributed by atoms with Crippen molar-refractivity contribution in [1.82, 2.24) is 15.1 Å². The second kappa shape index (κ2) is 5.84. The molecule has 1 heterocycles. The molecule has 0 radical (unpaired) electrons. The minimum Gasteiger partial charge on any atom is -0.316 e. The summed E-state index contributed by atoms with van der Waals surface area (Å²) in [7, 11) is 2.07. The lowest BCUT2D eigenvalue weighted by molar-refractivity contribution is 0.226. The molecule has 1 aliphatic rings. The van der Waals surface area contributed by atoms with Crippen molar-refractivity contribution in [3.05, 3.63) is 16.4 Å². The maximum atomic E-state index is 6.43. The Hall–Kier alpha value is -0.540. The highest BCUT2D eigenvalue weighted by Gasteiger charge is 2.37. The molecule has 1 aromatic rings. The molecule has 1 aromatic heterocycles. The van der Waals surface area contributed by atoms with Gasteiger partial charge >= 0.3 is 0 Å². The van der Waals surface area contributed by atoms with E-state index >= 15 is 0 Å². The third-order valence-electron chi connectivity index (χ3n) is 4.79. The van der Waals surface area contributed by atoms with Crippen LogP contribution < -0.4 is 5.32 Å². The molecule has 1 N–H and O–H groups in total. The zero-order valence-corrected chi connectivity index (χ0v) is 13.3. The number of likely N-dealkylation sites (N-methyl/N-ethyl adjacent to an activating group) is 1. The van der Waals surface area contributed by atoms with Crippen LogP contribution >= 0.6 is 11.6 Å². The van der Waals surface area contributed by atoms with Crippen molar-refractivity contribution in [1.29, 1.82) is 0 Å². The van der Waals surface area contributed by atoms with Crippen LogP contribution in [-0.2, 0) is 13.0 Å². The fraction of sp³-hybridized carbons (Fsp3) is 0.800. The summed E-state index contributed by atoms with van der Waals surface area (Å²) in [6.07, 6.45) is 6.31. The third kappa shape index (κ3) is 2.82. The van der Waals surface area contributed by atoms with Crippen molar-refractivity contribution < 1.29 is 0 Å². The highest BCUT2D eigenvalue weighted by atomic mass is 35.5. The van der Waals surface area contributed by atoms with Crippen LogP contribution in [-0.4, -0.2) is 22.9 Å². The largest absolute Gasteiger partial charge is 0.316 e. The molecule has 2 rings (SSSR count). The Morgan fingerprint density at radius 1 is 1.42 bits per heavy atom. The quantitative estimate of drug-likeness (QED) is 0.895. The summed E-state index contributed by atoms with van der Waals surface area (Å²) in [5.74, 6) is 0. The lowest BCUT2D eigenvalue weighted by Gasteiger charge is -2.34. The van der Waals surface area contributed by atoms with Crippen LogP contribution in [0.4, 0.5) is 0 Å². The molecular formula is C15H26ClN3. The van der Waals surface area contributed by atoms with Crippen molar-refractivity contribution in [2.24, 2.45) is 5.41 Å². The van der Waals surface area contributed by atoms with Gasteiger partial charge in [-0.3, -0.25) is 4.68 Å². The number of aromatic nitrogens is 2. The van der Waals surface area contributed by atoms with Crippen molar-refractivity contribution in [2.45, 2.75) is 65.5 Å². The van der Waals surface area contributed by atoms with Crippen LogP contribution in [0.25, 0.3) is 0 Å². The monoisotopic (exact) mass is 283 g/mol. The molecule has 3 nitrogen and oxygen atoms in total. The zero-order chi connectivity index (χ0) is 14.0. The van der Waals surface area contributed by atoms with Crippen LogP contribution in [0.15, 0.2) is 0 Å². The summed E-state index contributed by atoms with van der Waals surface area (Å²) in [6.45, 7) is 7.41. The van der Waals surface area contributed by atoms with Gasteiger partial charge in [-0.15, -0.1) is 0 Å². The number of hydrogen-bond donors (Lipinski definition) is 1. The van der Waals surface area contributed by atoms with E-state index in [9.17, 15) is 0 Å². The molecular weight excluding hydrogens is 258 g/mol. The SMILES string of the molecule is CCn1nc(C)c(Cl)c1CC(NC)C1(C)CCCC1. The molecule has 1 aliphatic carbocycles. The molecule has 0 aliphatic heterocycles. The summed E-state index contributed by atoms with van der Waals surface area (Å²) in [4.78, 5) is 0. The molecule has 19 heavy (non-hydrogen) atoms. The number of halogens is 1. The highest BCUT2D eigenvalue weighted by Crippen LogP contribution is 2.42. The number of nitrogens with zero attached hydrogens (tertiary/aromatic N) is 2. The fourth-order valence-corrected chi connectivity index (χ4v) is 3.70. The number of aryl methyl sites for hydroxylation is 2. The van der Waals surface area contributed by atoms with Crippen molar-refractivity contribution >= 4 is 11.6 Å². The summed E-state index contributed by atoms with van der Waals surface area (Å²) >= 11 is 6.43. The normalized spacial score (nSPS) is 19.8. The van der Waals surface area contributed by atoms with Gasteiger partial charge in [-0.2, -0.15) is 5.10 Å². The van der Waals surface area contributed by atoms with Crippen LogP contribution in [0, 0.1) is 12.3 Å². The van der Waals surface area contributed by atoms with E-state index in [1.54, 1.807) is 0 Å². The minimum atomic E-state index is 0.398. The van der Waals surface area contributed by atoms with Gasteiger partial charge in [-0.1, -0.05) is 31.4 Å². The average Bonchev–Trinajstić information content (AvgIpc) is 2.94. The lowest BCUT2D eigenvalue weighted by atomic mass is 9.78. The molecule has 108 valence electrons. The van der Waals surface area contributed by atoms with Gasteiger partial charge in [0.15, 0.2) is 0 Å². The Labute approximate surface area is 121 Å². The predicted octanol–water partition coefficient (Wildman–Crippen LogP) is 3.58. The Bertz CT molecular complexity index is 433. The molecule has 0 saturated heterocycles. The Balaban J connectivity index is 2.23. The van der Waals surface area contributed by atoms with Gasteiger partial charge in [-0.25, -0.2) is 0 Å². The van der Waals surface area contributed by atoms with E-state index in [-0.39, 0.29) is 0 Å². The second-order valence-corrected chi connectivity index (χ2v) is 6.45. The van der Waals surface area contributed by atoms with Gasteiger partial charge in [0.05, 0.1) is 16.4 Å². The van der Waals surface area contributed by atoms with E-state index < -0.39 is 0 Å². The first kappa shape index (κ1) is 14.9. The standard InChI is InChI=1S/C15H26ClN3/c1-5-19-12(14(16)11(2)18-19)10-13(17-4)15(3)8-6-7-9-15/h13,17H,5-10H2,1-4H3. The van der Waals surface area contributed by atoms with Crippen LogP contribution in [0.1, 0.15) is 50.9 Å². The summed E-state index contributed by atoms with van der Waals surface area (Å²) in [5, 5.41) is 8.89. The van der Waals surface area contributed by atoms with Crippen molar-refractivity contribution in [2.75, 3.05) is 7.05 Å². The highest BCUT2D eigenvalue weighted by molar-refractivity contribution is 6.31. The lowest BCUT2D eigenvalue weighted by Crippen LogP contribution is -2.42. The molecule has 1 saturated carbocycles. The van der Waals surface area contributed by atoms with Crippen molar-refractivity contribution in [3.8, 4) is 0 Å². The van der Waals surface area contributed by atoms with Gasteiger partial charge in [0.2, 0.25) is 0 Å². The Morgan fingerprint density at radius 3 is 2.58 bits per heavy atom. The summed E-state index contributed by atoms with van der Waals surface area (Å²) in [6, 6.07) is 0.480. The number of nitrogens with one attached hydrogen (secondary N) is 1. The van der Waals surface area contributed by atoms with Crippen molar-refractivity contribution in [3.63, 3.8) is 0 Å². The van der Waals surface area contributed by atoms with Crippen LogP contribution in [0.5, 0.6) is 0 Å². The Kier molecular flexibility index (Phi) is 4.57. The van der Waals surface area contributed by atoms with E-state index in [4.69, 9.17) is 11.6 Å². The Morgan fingerprint density at radius 2 is 2.05 bits per heavy atom. The summed E-state index contributed by atoms with van der Waals surface area (Å²) in [5.41, 5.74) is 2.54. The molecule has 0 bridgehead atoms. The molecule has 0 amide bonds. The number of hydrogen-bond acceptors (Lipinski definition) is 2. The maximum absolute atomic E-state index is 6.43. The molecule has 1 unspecified atom stereocenters. The van der Waals surface area contributed by atoms with Crippen LogP contribution in [0.2, 0.25) is 5.02 Å². The molecule has 1 fully saturated rings. The minimum absolute atomic E-state index is 0.398. The molecule has 1 atom stereocenters. The average molecular weight is 284 g/mol. The maximum Gasteiger partial charge on any atom is 0.0847 e. The molecule has 0 aromatic carbocycles. The van der Waals surface area contributed by atoms with E-state index in [0.717, 1.165) is 23.7 Å². The molecule has 0 spiro atoms.